The fourth-order valence-corrected chi connectivity index (χ4v) is 11.5. The molecule has 10 heteroatoms. The lowest BCUT2D eigenvalue weighted by atomic mass is 10.0. The van der Waals surface area contributed by atoms with E-state index in [4.69, 9.17) is 18.5 Å². The molecule has 0 saturated carbocycles. The lowest BCUT2D eigenvalue weighted by molar-refractivity contribution is -0.870. The van der Waals surface area contributed by atoms with E-state index in [2.05, 4.69) is 233 Å². The molecule has 0 amide bonds. The Morgan fingerprint density at radius 1 is 0.298 bits per heavy atom. The maximum Gasteiger partial charge on any atom is 0.472 e. The van der Waals surface area contributed by atoms with Gasteiger partial charge < -0.3 is 18.9 Å². The van der Waals surface area contributed by atoms with Gasteiger partial charge in [0.2, 0.25) is 0 Å². The van der Waals surface area contributed by atoms with Crippen LogP contribution in [-0.2, 0) is 32.7 Å². The fraction of sp³-hybridized carbons (Fsp3) is 0.596. The third-order valence-electron chi connectivity index (χ3n) is 17.0. The van der Waals surface area contributed by atoms with Crippen LogP contribution in [0.2, 0.25) is 0 Å². The van der Waals surface area contributed by atoms with Crippen LogP contribution in [0.5, 0.6) is 0 Å². The number of phosphoric ester groups is 1. The van der Waals surface area contributed by atoms with Gasteiger partial charge in [-0.15, -0.1) is 0 Å². The van der Waals surface area contributed by atoms with E-state index in [-0.39, 0.29) is 32.0 Å². The highest BCUT2D eigenvalue weighted by Crippen LogP contribution is 2.43. The van der Waals surface area contributed by atoms with Crippen LogP contribution in [0.25, 0.3) is 0 Å². The van der Waals surface area contributed by atoms with Gasteiger partial charge in [0.1, 0.15) is 19.8 Å². The molecule has 0 aromatic carbocycles. The summed E-state index contributed by atoms with van der Waals surface area (Å²) in [6, 6.07) is 0. The molecule has 0 aromatic heterocycles. The van der Waals surface area contributed by atoms with E-state index in [9.17, 15) is 19.0 Å². The first-order valence-corrected chi connectivity index (χ1v) is 43.0. The van der Waals surface area contributed by atoms with Gasteiger partial charge in [0, 0.05) is 12.8 Å². The molecule has 0 aromatic rings. The second-order valence-electron chi connectivity index (χ2n) is 28.0. The van der Waals surface area contributed by atoms with E-state index in [1.807, 2.05) is 21.1 Å². The van der Waals surface area contributed by atoms with Gasteiger partial charge in [-0.3, -0.25) is 18.6 Å². The van der Waals surface area contributed by atoms with Gasteiger partial charge in [0.15, 0.2) is 6.10 Å². The number of quaternary nitrogens is 1. The third-order valence-corrected chi connectivity index (χ3v) is 18.0. The number of carbonyl (C=O) groups is 2. The van der Waals surface area contributed by atoms with Gasteiger partial charge in [-0.2, -0.15) is 0 Å². The Balaban J connectivity index is 4.05. The van der Waals surface area contributed by atoms with Crippen molar-refractivity contribution >= 4 is 19.8 Å². The first-order chi connectivity index (χ1) is 51.0. The van der Waals surface area contributed by atoms with Crippen molar-refractivity contribution in [3.63, 3.8) is 0 Å². The molecule has 2 unspecified atom stereocenters. The van der Waals surface area contributed by atoms with Gasteiger partial charge in [0.05, 0.1) is 27.7 Å². The van der Waals surface area contributed by atoms with E-state index in [1.54, 1.807) is 0 Å². The Morgan fingerprint density at radius 2 is 0.519 bits per heavy atom. The van der Waals surface area contributed by atoms with Crippen molar-refractivity contribution in [1.82, 2.24) is 0 Å². The summed E-state index contributed by atoms with van der Waals surface area (Å²) < 4.78 is 34.8. The number of esters is 2. The Bertz CT molecular complexity index is 2570. The Labute approximate surface area is 639 Å². The predicted molar refractivity (Wildman–Crippen MR) is 454 cm³/mol. The second kappa shape index (κ2) is 81.4. The number of unbranched alkanes of at least 4 members (excludes halogenated alkanes) is 24. The summed E-state index contributed by atoms with van der Waals surface area (Å²) in [6.07, 6.45) is 129. The Hall–Kier alpha value is -5.67. The molecule has 0 heterocycles. The topological polar surface area (TPSA) is 108 Å². The molecular formula is C94H153NO8P+. The van der Waals surface area contributed by atoms with Crippen LogP contribution in [0, 0.1) is 0 Å². The standard InChI is InChI=1S/C94H152NO8P/c1-6-8-10-12-14-16-18-20-22-24-26-28-30-32-34-36-38-40-42-44-46-47-49-51-53-55-57-59-61-63-65-67-69-71-73-75-77-79-81-83-85-87-94(97)103-92(91-102-104(98,99)101-89-88-95(3,4)5)90-100-93(96)86-84-82-80-78-76-74-72-70-68-66-64-62-60-58-56-54-52-50-48-45-43-41-39-37-35-33-31-29-27-25-23-21-19-17-15-13-11-9-7-2/h8-11,14-17,20-23,26-29,32-35,38-41,44-46,48-49,51-52,54-55,57-58,60,92H,6-7,12-13,18-19,24-25,30-31,36-37,42-43,47,50,53,56,59,61-91H2,1-5H3/p+1/b10-8-,11-9-,16-14-,17-15-,22-20-,23-21-,28-26-,29-27-,34-32-,35-33-,40-38-,41-39-,46-44-,48-45-,51-49-,54-52-,57-55-,60-58-. The number of phosphoric acid groups is 1. The number of nitrogens with zero attached hydrogens (tertiary/aromatic N) is 1. The molecule has 104 heavy (non-hydrogen) atoms. The number of allylic oxidation sites excluding steroid dienone is 36. The number of carbonyl (C=O) groups excluding carboxylic acids is 2. The minimum Gasteiger partial charge on any atom is -0.462 e. The average molecular weight is 1460 g/mol. The maximum absolute atomic E-state index is 12.9. The zero-order valence-corrected chi connectivity index (χ0v) is 67.8. The smallest absolute Gasteiger partial charge is 0.462 e. The summed E-state index contributed by atoms with van der Waals surface area (Å²) in [5.74, 6) is -0.809. The molecule has 1 N–H and O–H groups in total. The predicted octanol–water partition coefficient (Wildman–Crippen LogP) is 28.3. The molecule has 0 fully saturated rings. The molecule has 0 aliphatic carbocycles. The monoisotopic (exact) mass is 1460 g/mol. The third kappa shape index (κ3) is 85.3. The van der Waals surface area contributed by atoms with Crippen LogP contribution in [0.15, 0.2) is 219 Å². The van der Waals surface area contributed by atoms with Gasteiger partial charge in [-0.25, -0.2) is 4.57 Å². The van der Waals surface area contributed by atoms with E-state index >= 15 is 0 Å². The molecule has 586 valence electrons. The molecule has 0 aliphatic rings. The van der Waals surface area contributed by atoms with E-state index in [0.717, 1.165) is 167 Å². The Morgan fingerprint density at radius 3 is 0.769 bits per heavy atom. The second-order valence-corrected chi connectivity index (χ2v) is 29.5. The molecule has 0 saturated heterocycles. The maximum atomic E-state index is 12.9. The molecule has 9 nitrogen and oxygen atoms in total. The van der Waals surface area contributed by atoms with Gasteiger partial charge >= 0.3 is 19.8 Å². The number of ether oxygens (including phenoxy) is 2. The zero-order chi connectivity index (χ0) is 75.4. The summed E-state index contributed by atoms with van der Waals surface area (Å²) in [5.41, 5.74) is 0. The number of hydrogen-bond donors (Lipinski definition) is 1. The lowest BCUT2D eigenvalue weighted by Crippen LogP contribution is -2.37. The van der Waals surface area contributed by atoms with Crippen LogP contribution in [0.1, 0.15) is 309 Å². The van der Waals surface area contributed by atoms with Crippen molar-refractivity contribution in [1.29, 1.82) is 0 Å². The molecule has 0 bridgehead atoms. The highest BCUT2D eigenvalue weighted by molar-refractivity contribution is 7.47. The van der Waals surface area contributed by atoms with Crippen molar-refractivity contribution in [3.8, 4) is 0 Å². The van der Waals surface area contributed by atoms with Gasteiger partial charge in [0.25, 0.3) is 0 Å². The minimum absolute atomic E-state index is 0.0219. The van der Waals surface area contributed by atoms with E-state index in [1.165, 1.54) is 109 Å². The number of likely N-dealkylation sites (N-methyl/N-ethyl adjacent to an activating group) is 1. The van der Waals surface area contributed by atoms with Crippen LogP contribution in [-0.4, -0.2) is 74.9 Å². The molecular weight excluding hydrogens is 1300 g/mol. The zero-order valence-electron chi connectivity index (χ0n) is 66.9. The van der Waals surface area contributed by atoms with Gasteiger partial charge in [-0.05, 0) is 154 Å². The number of rotatable bonds is 74. The minimum atomic E-state index is -4.41. The molecule has 0 aliphatic heterocycles. The van der Waals surface area contributed by atoms with Crippen molar-refractivity contribution in [2.45, 2.75) is 315 Å². The summed E-state index contributed by atoms with van der Waals surface area (Å²) in [6.45, 7) is 4.20. The first-order valence-electron chi connectivity index (χ1n) is 41.5. The van der Waals surface area contributed by atoms with Crippen LogP contribution in [0.3, 0.4) is 0 Å². The molecule has 2 atom stereocenters. The molecule has 0 spiro atoms. The summed E-state index contributed by atoms with van der Waals surface area (Å²) >= 11 is 0. The SMILES string of the molecule is CC/C=C\C/C=C\C/C=C\C/C=C\C/C=C\C/C=C\C/C=C\C/C=C\C/C=C\CCCCCCCCCCCCCCCC(=O)OC(COC(=O)CCCCCCCCCCCCC/C=C\C/C=C\C/C=C\C/C=C\C/C=C\C/C=C\C/C=C\C/C=C\C/C=C\CC)COP(=O)(O)OCC[N+](C)(C)C. The molecule has 0 radical (unpaired) electrons. The first kappa shape index (κ1) is 98.3. The normalized spacial score (nSPS) is 14.2. The average Bonchev–Trinajstić information content (AvgIpc) is 0.920. The number of hydrogen-bond acceptors (Lipinski definition) is 7. The van der Waals surface area contributed by atoms with E-state index in [0.29, 0.717) is 17.4 Å². The lowest BCUT2D eigenvalue weighted by Gasteiger charge is -2.24. The highest BCUT2D eigenvalue weighted by Gasteiger charge is 2.27. The van der Waals surface area contributed by atoms with Crippen molar-refractivity contribution < 1.29 is 42.1 Å². The Kier molecular flexibility index (Phi) is 77.0. The van der Waals surface area contributed by atoms with Gasteiger partial charge in [-0.1, -0.05) is 361 Å². The van der Waals surface area contributed by atoms with Crippen LogP contribution < -0.4 is 0 Å². The van der Waals surface area contributed by atoms with Crippen molar-refractivity contribution in [3.05, 3.63) is 219 Å². The quantitative estimate of drug-likeness (QED) is 0.0211. The highest BCUT2D eigenvalue weighted by atomic mass is 31.2. The van der Waals surface area contributed by atoms with Crippen molar-refractivity contribution in [2.24, 2.45) is 0 Å². The van der Waals surface area contributed by atoms with Crippen molar-refractivity contribution in [2.75, 3.05) is 47.5 Å². The summed E-state index contributed by atoms with van der Waals surface area (Å²) in [5, 5.41) is 0. The largest absolute Gasteiger partial charge is 0.472 e. The van der Waals surface area contributed by atoms with Crippen LogP contribution >= 0.6 is 7.82 Å². The summed E-state index contributed by atoms with van der Waals surface area (Å²) in [4.78, 5) is 36.0. The molecule has 0 rings (SSSR count). The fourth-order valence-electron chi connectivity index (χ4n) is 10.8. The van der Waals surface area contributed by atoms with E-state index < -0.39 is 26.5 Å². The van der Waals surface area contributed by atoms with Crippen LogP contribution in [0.4, 0.5) is 0 Å². The summed E-state index contributed by atoms with van der Waals surface area (Å²) in [7, 11) is 1.46.